The molecule has 0 atom stereocenters. The monoisotopic (exact) mass is 386 g/mol. The second kappa shape index (κ2) is 7.01. The van der Waals surface area contributed by atoms with Crippen LogP contribution in [0.3, 0.4) is 0 Å². The number of halogens is 2. The molecule has 0 radical (unpaired) electrons. The molecule has 1 aliphatic heterocycles. The summed E-state index contributed by atoms with van der Waals surface area (Å²) in [7, 11) is 0. The molecule has 28 heavy (non-hydrogen) atoms. The summed E-state index contributed by atoms with van der Waals surface area (Å²) >= 11 is 0. The summed E-state index contributed by atoms with van der Waals surface area (Å²) in [6, 6.07) is 3.50. The van der Waals surface area contributed by atoms with E-state index in [1.807, 2.05) is 4.90 Å². The lowest BCUT2D eigenvalue weighted by molar-refractivity contribution is 0.0996. The number of carbonyl (C=O) groups is 2. The molecular formula is C19H16F2N4O3. The van der Waals surface area contributed by atoms with Gasteiger partial charge in [-0.15, -0.1) is 0 Å². The highest BCUT2D eigenvalue weighted by Gasteiger charge is 2.26. The Kier molecular flexibility index (Phi) is 4.52. The van der Waals surface area contributed by atoms with Crippen molar-refractivity contribution in [3.63, 3.8) is 0 Å². The van der Waals surface area contributed by atoms with E-state index in [0.29, 0.717) is 37.3 Å². The molecule has 0 bridgehead atoms. The third-order valence-corrected chi connectivity index (χ3v) is 4.72. The van der Waals surface area contributed by atoms with Crippen LogP contribution in [0.5, 0.6) is 0 Å². The third-order valence-electron chi connectivity index (χ3n) is 4.72. The number of nitrogens with one attached hydrogen (secondary N) is 1. The van der Waals surface area contributed by atoms with Crippen LogP contribution in [0.4, 0.5) is 14.5 Å². The molecule has 0 spiro atoms. The second-order valence-corrected chi connectivity index (χ2v) is 6.37. The zero-order valence-electron chi connectivity index (χ0n) is 14.7. The Labute approximate surface area is 158 Å². The number of ether oxygens (including phenoxy) is 1. The van der Waals surface area contributed by atoms with Crippen molar-refractivity contribution in [2.24, 2.45) is 5.73 Å². The number of morpholine rings is 1. The number of primary amides is 1. The summed E-state index contributed by atoms with van der Waals surface area (Å²) in [4.78, 5) is 33.4. The van der Waals surface area contributed by atoms with Crippen molar-refractivity contribution in [3.8, 4) is 0 Å². The van der Waals surface area contributed by atoms with Gasteiger partial charge in [0.2, 0.25) is 5.78 Å². The van der Waals surface area contributed by atoms with E-state index < -0.39 is 34.5 Å². The fourth-order valence-corrected chi connectivity index (χ4v) is 3.26. The number of nitrogens with zero attached hydrogens (tertiary/aromatic N) is 2. The number of pyridine rings is 1. The normalized spacial score (nSPS) is 14.4. The lowest BCUT2D eigenvalue weighted by atomic mass is 9.99. The first-order chi connectivity index (χ1) is 13.5. The number of hydrogen-bond donors (Lipinski definition) is 2. The third kappa shape index (κ3) is 2.99. The molecule has 0 saturated carbocycles. The molecule has 1 aliphatic rings. The lowest BCUT2D eigenvalue weighted by Crippen LogP contribution is -2.36. The van der Waals surface area contributed by atoms with E-state index in [-0.39, 0.29) is 5.56 Å². The Morgan fingerprint density at radius 2 is 1.93 bits per heavy atom. The maximum absolute atomic E-state index is 14.6. The highest BCUT2D eigenvalue weighted by Crippen LogP contribution is 2.27. The SMILES string of the molecule is NC(=O)c1ccc(F)c(C(=O)c2c[nH]c3ncc(N4CCOCC4)cc23)c1F. The van der Waals surface area contributed by atoms with Crippen LogP contribution in [-0.4, -0.2) is 48.0 Å². The first-order valence-electron chi connectivity index (χ1n) is 8.59. The summed E-state index contributed by atoms with van der Waals surface area (Å²) in [6.45, 7) is 2.50. The molecule has 0 unspecified atom stereocenters. The number of nitrogens with two attached hydrogens (primary N) is 1. The number of benzene rings is 1. The molecule has 3 heterocycles. The summed E-state index contributed by atoms with van der Waals surface area (Å²) < 4.78 is 34.2. The van der Waals surface area contributed by atoms with E-state index in [4.69, 9.17) is 10.5 Å². The molecule has 9 heteroatoms. The molecule has 1 saturated heterocycles. The van der Waals surface area contributed by atoms with E-state index in [1.165, 1.54) is 6.20 Å². The molecule has 2 aromatic heterocycles. The molecule has 4 rings (SSSR count). The largest absolute Gasteiger partial charge is 0.378 e. The van der Waals surface area contributed by atoms with Crippen LogP contribution in [-0.2, 0) is 4.74 Å². The van der Waals surface area contributed by atoms with Crippen molar-refractivity contribution < 1.29 is 23.1 Å². The van der Waals surface area contributed by atoms with Crippen LogP contribution >= 0.6 is 0 Å². The minimum atomic E-state index is -1.27. The van der Waals surface area contributed by atoms with Gasteiger partial charge in [-0.05, 0) is 18.2 Å². The average Bonchev–Trinajstić information content (AvgIpc) is 3.11. The molecule has 3 N–H and O–H groups in total. The summed E-state index contributed by atoms with van der Waals surface area (Å²) in [6.07, 6.45) is 3.01. The van der Waals surface area contributed by atoms with Gasteiger partial charge in [-0.25, -0.2) is 13.8 Å². The van der Waals surface area contributed by atoms with Crippen molar-refractivity contribution >= 4 is 28.4 Å². The van der Waals surface area contributed by atoms with Crippen LogP contribution in [0, 0.1) is 11.6 Å². The predicted octanol–water partition coefficient (Wildman–Crippen LogP) is 2.01. The van der Waals surface area contributed by atoms with Crippen LogP contribution in [0.1, 0.15) is 26.3 Å². The zero-order chi connectivity index (χ0) is 19.8. The van der Waals surface area contributed by atoms with E-state index in [9.17, 15) is 18.4 Å². The zero-order valence-corrected chi connectivity index (χ0v) is 14.7. The molecule has 7 nitrogen and oxygen atoms in total. The lowest BCUT2D eigenvalue weighted by Gasteiger charge is -2.28. The number of aromatic amines is 1. The van der Waals surface area contributed by atoms with Crippen molar-refractivity contribution in [1.29, 1.82) is 0 Å². The molecule has 144 valence electrons. The number of anilines is 1. The maximum Gasteiger partial charge on any atom is 0.251 e. The first kappa shape index (κ1) is 18.1. The van der Waals surface area contributed by atoms with Gasteiger partial charge in [0.15, 0.2) is 0 Å². The highest BCUT2D eigenvalue weighted by molar-refractivity contribution is 6.17. The van der Waals surface area contributed by atoms with Gasteiger partial charge in [-0.2, -0.15) is 0 Å². The minimum Gasteiger partial charge on any atom is -0.378 e. The standard InChI is InChI=1S/C19H16F2N4O3/c20-14-2-1-11(18(22)27)16(21)15(14)17(26)13-9-24-19-12(13)7-10(8-23-19)25-3-5-28-6-4-25/h1-2,7-9H,3-6H2,(H2,22,27)(H,23,24). The van der Waals surface area contributed by atoms with E-state index in [2.05, 4.69) is 9.97 Å². The van der Waals surface area contributed by atoms with Crippen LogP contribution in [0.2, 0.25) is 0 Å². The average molecular weight is 386 g/mol. The van der Waals surface area contributed by atoms with Gasteiger partial charge in [0.1, 0.15) is 17.3 Å². The second-order valence-electron chi connectivity index (χ2n) is 6.37. The number of hydrogen-bond acceptors (Lipinski definition) is 5. The Balaban J connectivity index is 1.80. The molecule has 3 aromatic rings. The number of aromatic nitrogens is 2. The molecule has 1 amide bonds. The highest BCUT2D eigenvalue weighted by atomic mass is 19.1. The Bertz CT molecular complexity index is 1090. The van der Waals surface area contributed by atoms with Gasteiger partial charge >= 0.3 is 0 Å². The Hall–Kier alpha value is -3.33. The van der Waals surface area contributed by atoms with Gasteiger partial charge in [0.05, 0.1) is 36.2 Å². The van der Waals surface area contributed by atoms with E-state index >= 15 is 0 Å². The van der Waals surface area contributed by atoms with Crippen molar-refractivity contribution in [2.75, 3.05) is 31.2 Å². The topological polar surface area (TPSA) is 101 Å². The van der Waals surface area contributed by atoms with E-state index in [1.54, 1.807) is 12.3 Å². The van der Waals surface area contributed by atoms with Crippen LogP contribution < -0.4 is 10.6 Å². The number of rotatable bonds is 4. The van der Waals surface area contributed by atoms with Gasteiger partial charge in [-0.3, -0.25) is 9.59 Å². The number of fused-ring (bicyclic) bond motifs is 1. The summed E-state index contributed by atoms with van der Waals surface area (Å²) in [5.74, 6) is -4.32. The van der Waals surface area contributed by atoms with Crippen LogP contribution in [0.15, 0.2) is 30.6 Å². The number of ketones is 1. The van der Waals surface area contributed by atoms with Gasteiger partial charge in [-0.1, -0.05) is 0 Å². The van der Waals surface area contributed by atoms with Gasteiger partial charge in [0.25, 0.3) is 5.91 Å². The predicted molar refractivity (Wildman–Crippen MR) is 97.4 cm³/mol. The van der Waals surface area contributed by atoms with Crippen molar-refractivity contribution in [2.45, 2.75) is 0 Å². The molecule has 0 aliphatic carbocycles. The van der Waals surface area contributed by atoms with Crippen molar-refractivity contribution in [3.05, 3.63) is 58.9 Å². The number of H-pyrrole nitrogens is 1. The summed E-state index contributed by atoms with van der Waals surface area (Å²) in [5.41, 5.74) is 4.97. The fourth-order valence-electron chi connectivity index (χ4n) is 3.26. The van der Waals surface area contributed by atoms with Crippen LogP contribution in [0.25, 0.3) is 11.0 Å². The number of amides is 1. The van der Waals surface area contributed by atoms with E-state index in [0.717, 1.165) is 17.8 Å². The maximum atomic E-state index is 14.6. The Morgan fingerprint density at radius 1 is 1.18 bits per heavy atom. The van der Waals surface area contributed by atoms with Gasteiger partial charge < -0.3 is 20.4 Å². The molecule has 1 fully saturated rings. The quantitative estimate of drug-likeness (QED) is 0.668. The first-order valence-corrected chi connectivity index (χ1v) is 8.59. The smallest absolute Gasteiger partial charge is 0.251 e. The fraction of sp³-hybridized carbons (Fsp3) is 0.211. The molecular weight excluding hydrogens is 370 g/mol. The van der Waals surface area contributed by atoms with Gasteiger partial charge in [0, 0.05) is 30.2 Å². The number of carbonyl (C=O) groups excluding carboxylic acids is 2. The summed E-state index contributed by atoms with van der Waals surface area (Å²) in [5, 5.41) is 0.428. The Morgan fingerprint density at radius 3 is 2.64 bits per heavy atom. The molecule has 1 aromatic carbocycles. The van der Waals surface area contributed by atoms with Crippen molar-refractivity contribution in [1.82, 2.24) is 9.97 Å². The minimum absolute atomic E-state index is 0.0528.